The lowest BCUT2D eigenvalue weighted by Gasteiger charge is -2.35. The number of carbonyl (C=O) groups is 2. The molecule has 0 radical (unpaired) electrons. The predicted molar refractivity (Wildman–Crippen MR) is 93.0 cm³/mol. The SMILES string of the molecule is C[C@@H]1[C@H](C)CCC[C@@H]1NC(=O)CCN1C(=O)COc2ccccc21. The van der Waals surface area contributed by atoms with E-state index >= 15 is 0 Å². The van der Waals surface area contributed by atoms with Crippen LogP contribution in [-0.4, -0.2) is 31.0 Å². The third-order valence-corrected chi connectivity index (χ3v) is 5.42. The van der Waals surface area contributed by atoms with Crippen molar-refractivity contribution in [2.45, 2.75) is 45.6 Å². The van der Waals surface area contributed by atoms with Gasteiger partial charge in [-0.25, -0.2) is 0 Å². The highest BCUT2D eigenvalue weighted by atomic mass is 16.5. The van der Waals surface area contributed by atoms with Gasteiger partial charge in [0.1, 0.15) is 5.75 Å². The summed E-state index contributed by atoms with van der Waals surface area (Å²) in [6.07, 6.45) is 3.78. The van der Waals surface area contributed by atoms with Crippen LogP contribution in [0.2, 0.25) is 0 Å². The van der Waals surface area contributed by atoms with Crippen LogP contribution in [0.3, 0.4) is 0 Å². The number of benzene rings is 1. The average Bonchev–Trinajstić information content (AvgIpc) is 2.58. The van der Waals surface area contributed by atoms with E-state index in [1.54, 1.807) is 4.90 Å². The van der Waals surface area contributed by atoms with E-state index in [4.69, 9.17) is 4.74 Å². The highest BCUT2D eigenvalue weighted by Gasteiger charge is 2.29. The first-order valence-corrected chi connectivity index (χ1v) is 8.88. The third kappa shape index (κ3) is 3.55. The van der Waals surface area contributed by atoms with Crippen LogP contribution in [0, 0.1) is 11.8 Å². The molecular weight excluding hydrogens is 304 g/mol. The van der Waals surface area contributed by atoms with Crippen molar-refractivity contribution in [2.75, 3.05) is 18.1 Å². The van der Waals surface area contributed by atoms with Crippen molar-refractivity contribution in [2.24, 2.45) is 11.8 Å². The molecule has 3 atom stereocenters. The molecule has 5 heteroatoms. The van der Waals surface area contributed by atoms with E-state index in [-0.39, 0.29) is 24.5 Å². The van der Waals surface area contributed by atoms with Crippen molar-refractivity contribution < 1.29 is 14.3 Å². The Morgan fingerprint density at radius 3 is 2.92 bits per heavy atom. The van der Waals surface area contributed by atoms with E-state index in [1.807, 2.05) is 24.3 Å². The first-order chi connectivity index (χ1) is 11.6. The van der Waals surface area contributed by atoms with Gasteiger partial charge >= 0.3 is 0 Å². The fourth-order valence-corrected chi connectivity index (χ4v) is 3.68. The fraction of sp³-hybridized carbons (Fsp3) is 0.579. The smallest absolute Gasteiger partial charge is 0.265 e. The molecule has 1 fully saturated rings. The maximum Gasteiger partial charge on any atom is 0.265 e. The number of amides is 2. The van der Waals surface area contributed by atoms with Gasteiger partial charge in [-0.2, -0.15) is 0 Å². The summed E-state index contributed by atoms with van der Waals surface area (Å²) in [4.78, 5) is 26.1. The molecule has 1 saturated carbocycles. The van der Waals surface area contributed by atoms with E-state index in [0.29, 0.717) is 30.6 Å². The zero-order chi connectivity index (χ0) is 17.1. The molecule has 2 amide bonds. The van der Waals surface area contributed by atoms with E-state index in [0.717, 1.165) is 12.1 Å². The Bertz CT molecular complexity index is 616. The summed E-state index contributed by atoms with van der Waals surface area (Å²) in [5.74, 6) is 1.79. The predicted octanol–water partition coefficient (Wildman–Crippen LogP) is 2.74. The molecule has 0 aromatic heterocycles. The Morgan fingerprint density at radius 2 is 2.08 bits per heavy atom. The average molecular weight is 330 g/mol. The van der Waals surface area contributed by atoms with Crippen LogP contribution in [-0.2, 0) is 9.59 Å². The largest absolute Gasteiger partial charge is 0.482 e. The molecule has 130 valence electrons. The molecular formula is C19H26N2O3. The molecule has 2 aliphatic rings. The van der Waals surface area contributed by atoms with Crippen LogP contribution in [0.4, 0.5) is 5.69 Å². The van der Waals surface area contributed by atoms with Gasteiger partial charge in [-0.15, -0.1) is 0 Å². The number of anilines is 1. The summed E-state index contributed by atoms with van der Waals surface area (Å²) in [6, 6.07) is 7.72. The van der Waals surface area contributed by atoms with E-state index in [1.165, 1.54) is 12.8 Å². The van der Waals surface area contributed by atoms with E-state index < -0.39 is 0 Å². The number of nitrogens with zero attached hydrogens (tertiary/aromatic N) is 1. The van der Waals surface area contributed by atoms with Crippen molar-refractivity contribution in [1.82, 2.24) is 5.32 Å². The standard InChI is InChI=1S/C19H26N2O3/c1-13-6-5-7-15(14(13)2)20-18(22)10-11-21-16-8-3-4-9-17(16)24-12-19(21)23/h3-4,8-9,13-15H,5-7,10-12H2,1-2H3,(H,20,22)/t13-,14-,15+/m1/s1. The first-order valence-electron chi connectivity index (χ1n) is 8.88. The Labute approximate surface area is 143 Å². The topological polar surface area (TPSA) is 58.6 Å². The Morgan fingerprint density at radius 1 is 1.29 bits per heavy atom. The second-order valence-corrected chi connectivity index (χ2v) is 6.99. The molecule has 1 aromatic carbocycles. The molecule has 5 nitrogen and oxygen atoms in total. The van der Waals surface area contributed by atoms with Crippen LogP contribution in [0.25, 0.3) is 0 Å². The quantitative estimate of drug-likeness (QED) is 0.923. The Balaban J connectivity index is 1.57. The molecule has 3 rings (SSSR count). The molecule has 0 spiro atoms. The summed E-state index contributed by atoms with van der Waals surface area (Å²) in [6.45, 7) is 4.90. The number of para-hydroxylation sites is 2. The zero-order valence-electron chi connectivity index (χ0n) is 14.5. The van der Waals surface area contributed by atoms with Gasteiger partial charge in [-0.05, 0) is 30.4 Å². The minimum absolute atomic E-state index is 0.0257. The molecule has 0 bridgehead atoms. The summed E-state index contributed by atoms with van der Waals surface area (Å²) < 4.78 is 5.43. The molecule has 1 aromatic rings. The third-order valence-electron chi connectivity index (χ3n) is 5.42. The zero-order valence-corrected chi connectivity index (χ0v) is 14.5. The second kappa shape index (κ2) is 7.24. The van der Waals surface area contributed by atoms with Crippen molar-refractivity contribution in [3.05, 3.63) is 24.3 Å². The lowest BCUT2D eigenvalue weighted by atomic mass is 9.78. The van der Waals surface area contributed by atoms with Gasteiger partial charge in [0, 0.05) is 19.0 Å². The summed E-state index contributed by atoms with van der Waals surface area (Å²) in [5, 5.41) is 3.17. The van der Waals surface area contributed by atoms with E-state index in [2.05, 4.69) is 19.2 Å². The van der Waals surface area contributed by atoms with E-state index in [9.17, 15) is 9.59 Å². The Hall–Kier alpha value is -2.04. The van der Waals surface area contributed by atoms with Gasteiger partial charge in [0.2, 0.25) is 5.91 Å². The summed E-state index contributed by atoms with van der Waals surface area (Å²) in [7, 11) is 0. The minimum atomic E-state index is -0.0962. The van der Waals surface area contributed by atoms with Crippen LogP contribution in [0.15, 0.2) is 24.3 Å². The lowest BCUT2D eigenvalue weighted by Crippen LogP contribution is -2.45. The maximum atomic E-state index is 12.3. The van der Waals surface area contributed by atoms with Crippen molar-refractivity contribution in [3.63, 3.8) is 0 Å². The first kappa shape index (κ1) is 16.8. The van der Waals surface area contributed by atoms with Crippen LogP contribution >= 0.6 is 0 Å². The van der Waals surface area contributed by atoms with Crippen molar-refractivity contribution >= 4 is 17.5 Å². The number of nitrogens with one attached hydrogen (secondary N) is 1. The van der Waals surface area contributed by atoms with Crippen molar-refractivity contribution in [3.8, 4) is 5.75 Å². The normalized spacial score (nSPS) is 26.5. The van der Waals surface area contributed by atoms with Gasteiger partial charge in [0.15, 0.2) is 6.61 Å². The number of ether oxygens (including phenoxy) is 1. The molecule has 1 aliphatic heterocycles. The van der Waals surface area contributed by atoms with Gasteiger partial charge in [0.05, 0.1) is 5.69 Å². The number of hydrogen-bond acceptors (Lipinski definition) is 3. The molecule has 0 saturated heterocycles. The van der Waals surface area contributed by atoms with Gasteiger partial charge < -0.3 is 15.0 Å². The molecule has 1 aliphatic carbocycles. The lowest BCUT2D eigenvalue weighted by molar-refractivity contribution is -0.123. The number of rotatable bonds is 4. The number of hydrogen-bond donors (Lipinski definition) is 1. The highest BCUT2D eigenvalue weighted by Crippen LogP contribution is 2.32. The monoisotopic (exact) mass is 330 g/mol. The Kier molecular flexibility index (Phi) is 5.07. The molecule has 1 N–H and O–H groups in total. The summed E-state index contributed by atoms with van der Waals surface area (Å²) in [5.41, 5.74) is 0.751. The van der Waals surface area contributed by atoms with Gasteiger partial charge in [0.25, 0.3) is 5.91 Å². The van der Waals surface area contributed by atoms with Gasteiger partial charge in [-0.3, -0.25) is 9.59 Å². The number of fused-ring (bicyclic) bond motifs is 1. The molecule has 1 heterocycles. The van der Waals surface area contributed by atoms with Crippen LogP contribution in [0.1, 0.15) is 39.5 Å². The number of carbonyl (C=O) groups excluding carboxylic acids is 2. The minimum Gasteiger partial charge on any atom is -0.482 e. The maximum absolute atomic E-state index is 12.3. The molecule has 24 heavy (non-hydrogen) atoms. The van der Waals surface area contributed by atoms with Crippen LogP contribution < -0.4 is 15.0 Å². The van der Waals surface area contributed by atoms with Gasteiger partial charge in [-0.1, -0.05) is 38.8 Å². The van der Waals surface area contributed by atoms with Crippen molar-refractivity contribution in [1.29, 1.82) is 0 Å². The summed E-state index contributed by atoms with van der Waals surface area (Å²) >= 11 is 0. The fourth-order valence-electron chi connectivity index (χ4n) is 3.68. The second-order valence-electron chi connectivity index (χ2n) is 6.99. The highest BCUT2D eigenvalue weighted by molar-refractivity contribution is 5.98. The van der Waals surface area contributed by atoms with Crippen LogP contribution in [0.5, 0.6) is 5.75 Å². The molecule has 0 unspecified atom stereocenters.